The number of aromatic amines is 1. The Labute approximate surface area is 102 Å². The molecule has 5 heteroatoms. The molecule has 0 bridgehead atoms. The summed E-state index contributed by atoms with van der Waals surface area (Å²) in [4.78, 5) is 0. The number of nitrogens with zero attached hydrogens (tertiary/aromatic N) is 1. The summed E-state index contributed by atoms with van der Waals surface area (Å²) in [6.45, 7) is 1.65. The van der Waals surface area contributed by atoms with Crippen LogP contribution in [0.4, 0.5) is 13.2 Å². The summed E-state index contributed by atoms with van der Waals surface area (Å²) in [5.74, 6) is 0. The summed E-state index contributed by atoms with van der Waals surface area (Å²) < 4.78 is 37.4. The van der Waals surface area contributed by atoms with E-state index in [1.807, 2.05) is 0 Å². The van der Waals surface area contributed by atoms with Crippen molar-refractivity contribution >= 4 is 12.2 Å². The normalized spacial score (nSPS) is 12.2. The zero-order chi connectivity index (χ0) is 13.2. The Balaban J connectivity index is 2.26. The van der Waals surface area contributed by atoms with Gasteiger partial charge in [-0.25, -0.2) is 0 Å². The number of halogens is 3. The minimum atomic E-state index is -4.30. The fraction of sp³-hybridized carbons (Fsp3) is 0.154. The predicted molar refractivity (Wildman–Crippen MR) is 63.7 cm³/mol. The molecular formula is C13H11F3N2. The van der Waals surface area contributed by atoms with Gasteiger partial charge in [0.2, 0.25) is 0 Å². The summed E-state index contributed by atoms with van der Waals surface area (Å²) >= 11 is 0. The van der Waals surface area contributed by atoms with E-state index < -0.39 is 11.7 Å². The Bertz CT molecular complexity index is 554. The Hall–Kier alpha value is -2.04. The van der Waals surface area contributed by atoms with Crippen LogP contribution in [0, 0.1) is 6.92 Å². The van der Waals surface area contributed by atoms with Gasteiger partial charge in [-0.15, -0.1) is 0 Å². The van der Waals surface area contributed by atoms with E-state index in [4.69, 9.17) is 0 Å². The van der Waals surface area contributed by atoms with Gasteiger partial charge in [0.15, 0.2) is 0 Å². The van der Waals surface area contributed by atoms with Gasteiger partial charge in [0.05, 0.1) is 11.3 Å². The van der Waals surface area contributed by atoms with Gasteiger partial charge >= 0.3 is 6.18 Å². The van der Waals surface area contributed by atoms with Crippen molar-refractivity contribution in [2.75, 3.05) is 0 Å². The van der Waals surface area contributed by atoms with Gasteiger partial charge in [-0.2, -0.15) is 18.3 Å². The first kappa shape index (κ1) is 12.4. The minimum absolute atomic E-state index is 0.580. The number of aromatic nitrogens is 2. The van der Waals surface area contributed by atoms with E-state index in [9.17, 15) is 13.2 Å². The molecule has 1 heterocycles. The Morgan fingerprint density at radius 3 is 2.50 bits per heavy atom. The number of hydrogen-bond donors (Lipinski definition) is 1. The van der Waals surface area contributed by atoms with Crippen LogP contribution < -0.4 is 0 Å². The molecular weight excluding hydrogens is 241 g/mol. The van der Waals surface area contributed by atoms with Gasteiger partial charge in [-0.1, -0.05) is 12.1 Å². The Morgan fingerprint density at radius 2 is 1.94 bits per heavy atom. The fourth-order valence-electron chi connectivity index (χ4n) is 1.58. The number of rotatable bonds is 2. The summed E-state index contributed by atoms with van der Waals surface area (Å²) in [5, 5.41) is 6.59. The molecule has 94 valence electrons. The summed E-state index contributed by atoms with van der Waals surface area (Å²) in [7, 11) is 0. The van der Waals surface area contributed by atoms with Crippen LogP contribution >= 0.6 is 0 Å². The smallest absolute Gasteiger partial charge is 0.285 e. The molecule has 0 fully saturated rings. The molecule has 2 rings (SSSR count). The minimum Gasteiger partial charge on any atom is -0.285 e. The second-order valence-electron chi connectivity index (χ2n) is 3.90. The van der Waals surface area contributed by atoms with Crippen LogP contribution in [0.2, 0.25) is 0 Å². The van der Waals surface area contributed by atoms with Gasteiger partial charge in [-0.05, 0) is 42.3 Å². The lowest BCUT2D eigenvalue weighted by Gasteiger charge is -2.08. The van der Waals surface area contributed by atoms with E-state index >= 15 is 0 Å². The molecule has 0 radical (unpaired) electrons. The van der Waals surface area contributed by atoms with Crippen LogP contribution in [0.3, 0.4) is 0 Å². The first-order valence-electron chi connectivity index (χ1n) is 5.32. The molecule has 1 N–H and O–H groups in total. The first-order chi connectivity index (χ1) is 8.47. The number of hydrogen-bond acceptors (Lipinski definition) is 1. The highest BCUT2D eigenvalue weighted by atomic mass is 19.4. The molecule has 0 spiro atoms. The van der Waals surface area contributed by atoms with Crippen molar-refractivity contribution in [3.8, 4) is 0 Å². The third-order valence-electron chi connectivity index (χ3n) is 2.55. The van der Waals surface area contributed by atoms with E-state index in [0.29, 0.717) is 5.56 Å². The molecule has 0 amide bonds. The maximum absolute atomic E-state index is 12.5. The lowest BCUT2D eigenvalue weighted by atomic mass is 10.0. The summed E-state index contributed by atoms with van der Waals surface area (Å²) in [6, 6.07) is 5.46. The molecule has 0 saturated heterocycles. The van der Waals surface area contributed by atoms with E-state index in [2.05, 4.69) is 10.2 Å². The molecule has 0 atom stereocenters. The van der Waals surface area contributed by atoms with E-state index in [1.165, 1.54) is 6.07 Å². The highest BCUT2D eigenvalue weighted by molar-refractivity contribution is 5.69. The quantitative estimate of drug-likeness (QED) is 0.862. The number of benzene rings is 1. The largest absolute Gasteiger partial charge is 0.416 e. The molecule has 2 nitrogen and oxygen atoms in total. The zero-order valence-electron chi connectivity index (χ0n) is 9.62. The summed E-state index contributed by atoms with van der Waals surface area (Å²) in [5.41, 5.74) is 1.42. The maximum Gasteiger partial charge on any atom is 0.416 e. The second kappa shape index (κ2) is 4.68. The lowest BCUT2D eigenvalue weighted by Crippen LogP contribution is -2.05. The third-order valence-corrected chi connectivity index (χ3v) is 2.55. The van der Waals surface area contributed by atoms with Crippen molar-refractivity contribution in [1.82, 2.24) is 10.2 Å². The topological polar surface area (TPSA) is 28.7 Å². The standard InChI is InChI=1S/C13H11F3N2/c1-9-8-11(13(14,15)16)4-2-10(9)3-5-12-6-7-17-18-12/h2-8H,1H3,(H,17,18)/b5-3+. The molecule has 1 aromatic heterocycles. The van der Waals surface area contributed by atoms with Gasteiger partial charge in [0, 0.05) is 6.20 Å². The molecule has 1 aromatic carbocycles. The van der Waals surface area contributed by atoms with Gasteiger partial charge in [-0.3, -0.25) is 5.10 Å². The van der Waals surface area contributed by atoms with E-state index in [-0.39, 0.29) is 0 Å². The maximum atomic E-state index is 12.5. The van der Waals surface area contributed by atoms with E-state index in [0.717, 1.165) is 23.4 Å². The van der Waals surface area contributed by atoms with Crippen LogP contribution in [0.5, 0.6) is 0 Å². The van der Waals surface area contributed by atoms with Crippen molar-refractivity contribution in [1.29, 1.82) is 0 Å². The number of nitrogens with one attached hydrogen (secondary N) is 1. The highest BCUT2D eigenvalue weighted by Crippen LogP contribution is 2.30. The van der Waals surface area contributed by atoms with Crippen molar-refractivity contribution < 1.29 is 13.2 Å². The average molecular weight is 252 g/mol. The second-order valence-corrected chi connectivity index (χ2v) is 3.90. The van der Waals surface area contributed by atoms with Crippen LogP contribution in [-0.4, -0.2) is 10.2 Å². The van der Waals surface area contributed by atoms with Gasteiger partial charge in [0.25, 0.3) is 0 Å². The number of aryl methyl sites for hydroxylation is 1. The molecule has 0 aliphatic heterocycles. The number of alkyl halides is 3. The van der Waals surface area contributed by atoms with Crippen molar-refractivity contribution in [2.45, 2.75) is 13.1 Å². The number of H-pyrrole nitrogens is 1. The van der Waals surface area contributed by atoms with E-state index in [1.54, 1.807) is 31.3 Å². The van der Waals surface area contributed by atoms with Gasteiger partial charge in [0.1, 0.15) is 0 Å². The lowest BCUT2D eigenvalue weighted by molar-refractivity contribution is -0.137. The molecule has 0 aliphatic rings. The fourth-order valence-corrected chi connectivity index (χ4v) is 1.58. The molecule has 0 aliphatic carbocycles. The molecule has 18 heavy (non-hydrogen) atoms. The van der Waals surface area contributed by atoms with Crippen LogP contribution in [-0.2, 0) is 6.18 Å². The van der Waals surface area contributed by atoms with Crippen LogP contribution in [0.25, 0.3) is 12.2 Å². The van der Waals surface area contributed by atoms with Crippen molar-refractivity contribution in [2.24, 2.45) is 0 Å². The monoisotopic (exact) mass is 252 g/mol. The van der Waals surface area contributed by atoms with Crippen LogP contribution in [0.15, 0.2) is 30.5 Å². The van der Waals surface area contributed by atoms with Crippen molar-refractivity contribution in [3.05, 3.63) is 52.8 Å². The van der Waals surface area contributed by atoms with Crippen LogP contribution in [0.1, 0.15) is 22.4 Å². The molecule has 2 aromatic rings. The highest BCUT2D eigenvalue weighted by Gasteiger charge is 2.30. The first-order valence-corrected chi connectivity index (χ1v) is 5.32. The molecule has 0 unspecified atom stereocenters. The average Bonchev–Trinajstić information content (AvgIpc) is 2.79. The third kappa shape index (κ3) is 2.80. The van der Waals surface area contributed by atoms with Gasteiger partial charge < -0.3 is 0 Å². The Kier molecular flexibility index (Phi) is 3.23. The van der Waals surface area contributed by atoms with Crippen molar-refractivity contribution in [3.63, 3.8) is 0 Å². The molecule has 0 saturated carbocycles. The summed E-state index contributed by atoms with van der Waals surface area (Å²) in [6.07, 6.45) is 0.867. The predicted octanol–water partition coefficient (Wildman–Crippen LogP) is 3.91. The SMILES string of the molecule is Cc1cc(C(F)(F)F)ccc1/C=C/c1cc[nH]n1. The Morgan fingerprint density at radius 1 is 1.17 bits per heavy atom. The zero-order valence-corrected chi connectivity index (χ0v) is 9.62.